The van der Waals surface area contributed by atoms with Gasteiger partial charge >= 0.3 is 0 Å². The molecule has 284 valence electrons. The van der Waals surface area contributed by atoms with Crippen molar-refractivity contribution in [2.24, 2.45) is 0 Å². The van der Waals surface area contributed by atoms with Crippen LogP contribution in [0.4, 0.5) is 0 Å². The van der Waals surface area contributed by atoms with E-state index in [1.807, 2.05) is 12.1 Å². The molecule has 0 N–H and O–H groups in total. The van der Waals surface area contributed by atoms with E-state index in [9.17, 15) is 8.42 Å². The second-order valence-electron chi connectivity index (χ2n) is 16.8. The van der Waals surface area contributed by atoms with Gasteiger partial charge in [0.2, 0.25) is 9.84 Å². The Morgan fingerprint density at radius 2 is 1.00 bits per heavy atom. The van der Waals surface area contributed by atoms with Crippen LogP contribution in [0.1, 0.15) is 110 Å². The molecule has 1 heterocycles. The summed E-state index contributed by atoms with van der Waals surface area (Å²) in [5, 5.41) is 2.40. The van der Waals surface area contributed by atoms with Crippen molar-refractivity contribution in [2.75, 3.05) is 13.2 Å². The molecule has 0 radical (unpaired) electrons. The lowest BCUT2D eigenvalue weighted by atomic mass is 9.85. The lowest BCUT2D eigenvalue weighted by molar-refractivity contribution is 0.287. The van der Waals surface area contributed by atoms with E-state index in [2.05, 4.69) is 121 Å². The molecule has 6 aromatic rings. The van der Waals surface area contributed by atoms with Crippen LogP contribution < -0.4 is 9.47 Å². The Hall–Kier alpha value is -4.55. The SMILES string of the molecule is CCC(C)c1ccc(OCCCCCCOc2ccc(S(=O)(=O)c3ccc(-n4c5ccc(C(C)(C)C)cc5c5cc(C(C)(C)C)ccc54)cc3)cc2)cc1. The number of aromatic nitrogens is 1. The van der Waals surface area contributed by atoms with Crippen LogP contribution in [0.2, 0.25) is 0 Å². The smallest absolute Gasteiger partial charge is 0.206 e. The van der Waals surface area contributed by atoms with Gasteiger partial charge in [-0.25, -0.2) is 8.42 Å². The molecule has 1 aromatic heterocycles. The number of rotatable bonds is 14. The quantitative estimate of drug-likeness (QED) is 0.104. The Bertz CT molecular complexity index is 2220. The molecule has 54 heavy (non-hydrogen) atoms. The van der Waals surface area contributed by atoms with E-state index in [-0.39, 0.29) is 20.6 Å². The van der Waals surface area contributed by atoms with Gasteiger partial charge in [0.05, 0.1) is 34.0 Å². The van der Waals surface area contributed by atoms with E-state index in [0.29, 0.717) is 24.9 Å². The maximum absolute atomic E-state index is 13.7. The fraction of sp³-hybridized carbons (Fsp3) is 0.375. The van der Waals surface area contributed by atoms with Crippen molar-refractivity contribution >= 4 is 31.6 Å². The molecular formula is C48H57NO4S. The number of sulfone groups is 1. The van der Waals surface area contributed by atoms with E-state index < -0.39 is 9.84 Å². The number of ether oxygens (including phenoxy) is 2. The zero-order valence-corrected chi connectivity index (χ0v) is 34.2. The van der Waals surface area contributed by atoms with Crippen LogP contribution in [0, 0.1) is 0 Å². The summed E-state index contributed by atoms with van der Waals surface area (Å²) in [6.07, 6.45) is 5.17. The topological polar surface area (TPSA) is 57.5 Å². The summed E-state index contributed by atoms with van der Waals surface area (Å²) in [5.74, 6) is 2.17. The Kier molecular flexibility index (Phi) is 11.6. The normalized spacial score (nSPS) is 13.0. The van der Waals surface area contributed by atoms with Gasteiger partial charge in [0.15, 0.2) is 0 Å². The Morgan fingerprint density at radius 3 is 1.43 bits per heavy atom. The van der Waals surface area contributed by atoms with Gasteiger partial charge in [0.1, 0.15) is 11.5 Å². The third-order valence-electron chi connectivity index (χ3n) is 10.7. The fourth-order valence-corrected chi connectivity index (χ4v) is 8.19. The number of hydrogen-bond donors (Lipinski definition) is 0. The summed E-state index contributed by atoms with van der Waals surface area (Å²) in [4.78, 5) is 0.510. The Balaban J connectivity index is 1.07. The molecule has 0 aliphatic heterocycles. The van der Waals surface area contributed by atoms with Crippen molar-refractivity contribution in [1.29, 1.82) is 0 Å². The Labute approximate surface area is 323 Å². The van der Waals surface area contributed by atoms with Gasteiger partial charge in [-0.05, 0) is 150 Å². The van der Waals surface area contributed by atoms with E-state index in [0.717, 1.165) is 54.6 Å². The highest BCUT2D eigenvalue weighted by molar-refractivity contribution is 7.91. The first-order chi connectivity index (χ1) is 25.7. The molecule has 0 amide bonds. The van der Waals surface area contributed by atoms with Crippen molar-refractivity contribution in [3.05, 3.63) is 126 Å². The molecular weight excluding hydrogens is 687 g/mol. The highest BCUT2D eigenvalue weighted by Gasteiger charge is 2.22. The molecule has 0 aliphatic carbocycles. The molecule has 0 aliphatic rings. The lowest BCUT2D eigenvalue weighted by Crippen LogP contribution is -2.10. The summed E-state index contributed by atoms with van der Waals surface area (Å²) >= 11 is 0. The van der Waals surface area contributed by atoms with Crippen LogP contribution in [-0.2, 0) is 20.7 Å². The molecule has 0 saturated carbocycles. The second kappa shape index (κ2) is 16.0. The van der Waals surface area contributed by atoms with Crippen LogP contribution in [0.25, 0.3) is 27.5 Å². The molecule has 5 nitrogen and oxygen atoms in total. The van der Waals surface area contributed by atoms with Crippen LogP contribution in [-0.4, -0.2) is 26.2 Å². The summed E-state index contributed by atoms with van der Waals surface area (Å²) in [7, 11) is -3.71. The maximum Gasteiger partial charge on any atom is 0.206 e. The number of benzene rings is 5. The summed E-state index contributed by atoms with van der Waals surface area (Å²) in [6.45, 7) is 19.2. The largest absolute Gasteiger partial charge is 0.494 e. The molecule has 1 unspecified atom stereocenters. The molecule has 0 fully saturated rings. The monoisotopic (exact) mass is 743 g/mol. The zero-order valence-electron chi connectivity index (χ0n) is 33.4. The minimum atomic E-state index is -3.71. The first kappa shape index (κ1) is 39.2. The van der Waals surface area contributed by atoms with Gasteiger partial charge in [0.25, 0.3) is 0 Å². The molecule has 0 spiro atoms. The van der Waals surface area contributed by atoms with Crippen molar-refractivity contribution < 1.29 is 17.9 Å². The maximum atomic E-state index is 13.7. The van der Waals surface area contributed by atoms with Crippen LogP contribution in [0.15, 0.2) is 119 Å². The van der Waals surface area contributed by atoms with Gasteiger partial charge in [-0.1, -0.05) is 79.7 Å². The van der Waals surface area contributed by atoms with Gasteiger partial charge in [-0.15, -0.1) is 0 Å². The molecule has 1 atom stereocenters. The van der Waals surface area contributed by atoms with Crippen molar-refractivity contribution in [3.63, 3.8) is 0 Å². The highest BCUT2D eigenvalue weighted by atomic mass is 32.2. The van der Waals surface area contributed by atoms with Crippen LogP contribution in [0.3, 0.4) is 0 Å². The molecule has 6 rings (SSSR count). The van der Waals surface area contributed by atoms with Gasteiger partial charge < -0.3 is 14.0 Å². The van der Waals surface area contributed by atoms with E-state index in [1.54, 1.807) is 36.4 Å². The van der Waals surface area contributed by atoms with E-state index >= 15 is 0 Å². The van der Waals surface area contributed by atoms with Crippen molar-refractivity contribution in [3.8, 4) is 17.2 Å². The van der Waals surface area contributed by atoms with Crippen LogP contribution >= 0.6 is 0 Å². The fourth-order valence-electron chi connectivity index (χ4n) is 6.93. The summed E-state index contributed by atoms with van der Waals surface area (Å²) in [5.41, 5.74) is 7.07. The predicted molar refractivity (Wildman–Crippen MR) is 225 cm³/mol. The third kappa shape index (κ3) is 8.70. The van der Waals surface area contributed by atoms with Gasteiger partial charge in [-0.3, -0.25) is 0 Å². The number of nitrogens with zero attached hydrogens (tertiary/aromatic N) is 1. The van der Waals surface area contributed by atoms with Crippen LogP contribution in [0.5, 0.6) is 11.5 Å². The van der Waals surface area contributed by atoms with Gasteiger partial charge in [0, 0.05) is 16.5 Å². The minimum absolute atomic E-state index is 0.0157. The van der Waals surface area contributed by atoms with Crippen molar-refractivity contribution in [1.82, 2.24) is 4.57 Å². The average molecular weight is 744 g/mol. The summed E-state index contributed by atoms with van der Waals surface area (Å²) < 4.78 is 41.5. The number of hydrogen-bond acceptors (Lipinski definition) is 4. The van der Waals surface area contributed by atoms with Crippen molar-refractivity contribution in [2.45, 2.75) is 114 Å². The number of fused-ring (bicyclic) bond motifs is 3. The average Bonchev–Trinajstić information content (AvgIpc) is 3.48. The van der Waals surface area contributed by atoms with E-state index in [1.165, 1.54) is 27.5 Å². The summed E-state index contributed by atoms with van der Waals surface area (Å²) in [6, 6.07) is 35.9. The Morgan fingerprint density at radius 1 is 0.574 bits per heavy atom. The molecule has 0 saturated heterocycles. The number of unbranched alkanes of at least 4 members (excludes halogenated alkanes) is 3. The highest BCUT2D eigenvalue weighted by Crippen LogP contribution is 2.38. The second-order valence-corrected chi connectivity index (χ2v) is 18.7. The first-order valence-electron chi connectivity index (χ1n) is 19.6. The minimum Gasteiger partial charge on any atom is -0.494 e. The molecule has 0 bridgehead atoms. The zero-order chi connectivity index (χ0) is 38.7. The standard InChI is InChI=1S/C48H57NO4S/c1-9-34(2)35-14-20-39(21-15-35)52-30-12-10-11-13-31-53-40-22-26-42(27-23-40)54(50,51)41-24-18-38(19-25-41)49-45-28-16-36(47(3,4)5)32-43(45)44-33-37(48(6,7)8)17-29-46(44)49/h14-29,32-34H,9-13,30-31H2,1-8H3. The molecule has 6 heteroatoms. The molecule has 5 aromatic carbocycles. The lowest BCUT2D eigenvalue weighted by Gasteiger charge is -2.19. The van der Waals surface area contributed by atoms with Gasteiger partial charge in [-0.2, -0.15) is 0 Å². The predicted octanol–water partition coefficient (Wildman–Crippen LogP) is 12.7. The van der Waals surface area contributed by atoms with E-state index in [4.69, 9.17) is 9.47 Å². The third-order valence-corrected chi connectivity index (χ3v) is 12.5. The first-order valence-corrected chi connectivity index (χ1v) is 21.1.